The molecule has 1 aliphatic rings. The van der Waals surface area contributed by atoms with Crippen LogP contribution in [-0.2, 0) is 13.0 Å². The van der Waals surface area contributed by atoms with Crippen molar-refractivity contribution in [1.29, 1.82) is 0 Å². The van der Waals surface area contributed by atoms with Crippen LogP contribution in [0.1, 0.15) is 23.0 Å². The van der Waals surface area contributed by atoms with Crippen molar-refractivity contribution < 1.29 is 9.53 Å². The lowest BCUT2D eigenvalue weighted by atomic mass is 10.1. The predicted molar refractivity (Wildman–Crippen MR) is 98.6 cm³/mol. The zero-order valence-corrected chi connectivity index (χ0v) is 14.4. The first-order valence-corrected chi connectivity index (χ1v) is 8.70. The monoisotopic (exact) mass is 349 g/mol. The molecule has 0 bridgehead atoms. The Balaban J connectivity index is 1.56. The van der Waals surface area contributed by atoms with E-state index >= 15 is 0 Å². The number of benzene rings is 2. The smallest absolute Gasteiger partial charge is 0.274 e. The zero-order valence-electron chi connectivity index (χ0n) is 14.4. The SMILES string of the molecule is CCn1nc(C(=O)NC[C@H]2Cc3ccccc3O2)c2ccccc2c1=O. The summed E-state index contributed by atoms with van der Waals surface area (Å²) in [5.74, 6) is 0.567. The van der Waals surface area contributed by atoms with E-state index in [9.17, 15) is 9.59 Å². The van der Waals surface area contributed by atoms with Gasteiger partial charge in [0.05, 0.1) is 11.9 Å². The third-order valence-electron chi connectivity index (χ3n) is 4.59. The maximum atomic E-state index is 12.7. The largest absolute Gasteiger partial charge is 0.488 e. The third kappa shape index (κ3) is 2.83. The number of hydrogen-bond donors (Lipinski definition) is 1. The number of para-hydroxylation sites is 1. The number of carbonyl (C=O) groups excluding carboxylic acids is 1. The second-order valence-electron chi connectivity index (χ2n) is 6.28. The second kappa shape index (κ2) is 6.63. The van der Waals surface area contributed by atoms with E-state index in [1.165, 1.54) is 4.68 Å². The molecule has 1 aliphatic heterocycles. The minimum Gasteiger partial charge on any atom is -0.488 e. The van der Waals surface area contributed by atoms with Gasteiger partial charge in [0, 0.05) is 18.4 Å². The van der Waals surface area contributed by atoms with E-state index < -0.39 is 0 Å². The summed E-state index contributed by atoms with van der Waals surface area (Å²) in [6.45, 7) is 2.62. The first-order valence-electron chi connectivity index (χ1n) is 8.70. The van der Waals surface area contributed by atoms with Crippen LogP contribution >= 0.6 is 0 Å². The van der Waals surface area contributed by atoms with Crippen LogP contribution in [0, 0.1) is 0 Å². The molecular weight excluding hydrogens is 330 g/mol. The minimum atomic E-state index is -0.303. The number of aromatic nitrogens is 2. The number of nitrogens with one attached hydrogen (secondary N) is 1. The Bertz CT molecular complexity index is 1020. The summed E-state index contributed by atoms with van der Waals surface area (Å²) >= 11 is 0. The van der Waals surface area contributed by atoms with Gasteiger partial charge in [-0.1, -0.05) is 36.4 Å². The Labute approximate surface area is 150 Å². The summed E-state index contributed by atoms with van der Waals surface area (Å²) in [4.78, 5) is 25.1. The van der Waals surface area contributed by atoms with Gasteiger partial charge in [-0.25, -0.2) is 4.68 Å². The average Bonchev–Trinajstić information content (AvgIpc) is 3.09. The van der Waals surface area contributed by atoms with Crippen molar-refractivity contribution in [2.45, 2.75) is 26.0 Å². The molecule has 2 heterocycles. The summed E-state index contributed by atoms with van der Waals surface area (Å²) in [6, 6.07) is 14.9. The van der Waals surface area contributed by atoms with Gasteiger partial charge in [0.25, 0.3) is 11.5 Å². The van der Waals surface area contributed by atoms with Crippen LogP contribution in [0.2, 0.25) is 0 Å². The molecule has 1 atom stereocenters. The van der Waals surface area contributed by atoms with Crippen LogP contribution in [0.4, 0.5) is 0 Å². The van der Waals surface area contributed by atoms with Gasteiger partial charge in [0.1, 0.15) is 11.9 Å². The highest BCUT2D eigenvalue weighted by Crippen LogP contribution is 2.27. The molecule has 4 rings (SSSR count). The third-order valence-corrected chi connectivity index (χ3v) is 4.59. The molecular formula is C20H19N3O3. The normalized spacial score (nSPS) is 15.5. The van der Waals surface area contributed by atoms with E-state index in [1.54, 1.807) is 24.3 Å². The zero-order chi connectivity index (χ0) is 18.1. The molecule has 0 radical (unpaired) electrons. The first-order chi connectivity index (χ1) is 12.7. The highest BCUT2D eigenvalue weighted by atomic mass is 16.5. The van der Waals surface area contributed by atoms with Crippen LogP contribution in [0.3, 0.4) is 0 Å². The molecule has 6 heteroatoms. The lowest BCUT2D eigenvalue weighted by molar-refractivity contribution is 0.0928. The lowest BCUT2D eigenvalue weighted by Gasteiger charge is -2.13. The van der Waals surface area contributed by atoms with Crippen LogP contribution in [0.15, 0.2) is 53.3 Å². The number of amides is 1. The fourth-order valence-corrected chi connectivity index (χ4v) is 3.28. The highest BCUT2D eigenvalue weighted by Gasteiger charge is 2.24. The molecule has 0 aliphatic carbocycles. The topological polar surface area (TPSA) is 73.2 Å². The molecule has 0 saturated carbocycles. The average molecular weight is 349 g/mol. The Kier molecular flexibility index (Phi) is 4.16. The summed E-state index contributed by atoms with van der Waals surface area (Å²) < 4.78 is 7.17. The molecule has 0 unspecified atom stereocenters. The molecule has 1 amide bonds. The van der Waals surface area contributed by atoms with Gasteiger partial charge in [0.2, 0.25) is 0 Å². The Hall–Kier alpha value is -3.15. The number of fused-ring (bicyclic) bond motifs is 2. The number of nitrogens with zero attached hydrogens (tertiary/aromatic N) is 2. The maximum absolute atomic E-state index is 12.7. The van der Waals surface area contributed by atoms with Gasteiger partial charge in [-0.3, -0.25) is 9.59 Å². The quantitative estimate of drug-likeness (QED) is 0.783. The van der Waals surface area contributed by atoms with E-state index in [-0.39, 0.29) is 23.3 Å². The van der Waals surface area contributed by atoms with E-state index in [1.807, 2.05) is 31.2 Å². The summed E-state index contributed by atoms with van der Waals surface area (Å²) in [5.41, 5.74) is 1.22. The number of carbonyl (C=O) groups is 1. The molecule has 0 saturated heterocycles. The van der Waals surface area contributed by atoms with Crippen molar-refractivity contribution in [2.24, 2.45) is 0 Å². The van der Waals surface area contributed by atoms with Gasteiger partial charge in [-0.2, -0.15) is 5.10 Å². The van der Waals surface area contributed by atoms with Gasteiger partial charge < -0.3 is 10.1 Å². The van der Waals surface area contributed by atoms with Gasteiger partial charge >= 0.3 is 0 Å². The molecule has 0 fully saturated rings. The molecule has 2 aromatic carbocycles. The van der Waals surface area contributed by atoms with Crippen LogP contribution < -0.4 is 15.6 Å². The van der Waals surface area contributed by atoms with Crippen molar-refractivity contribution in [3.63, 3.8) is 0 Å². The number of aryl methyl sites for hydroxylation is 1. The first kappa shape index (κ1) is 16.3. The van der Waals surface area contributed by atoms with Crippen LogP contribution in [0.25, 0.3) is 10.8 Å². The number of ether oxygens (including phenoxy) is 1. The lowest BCUT2D eigenvalue weighted by Crippen LogP contribution is -2.36. The fourth-order valence-electron chi connectivity index (χ4n) is 3.28. The molecule has 6 nitrogen and oxygen atoms in total. The molecule has 26 heavy (non-hydrogen) atoms. The van der Waals surface area contributed by atoms with Crippen molar-refractivity contribution in [3.8, 4) is 5.75 Å². The van der Waals surface area contributed by atoms with Crippen molar-refractivity contribution in [2.75, 3.05) is 6.54 Å². The predicted octanol–water partition coefficient (Wildman–Crippen LogP) is 2.15. The van der Waals surface area contributed by atoms with E-state index in [0.29, 0.717) is 23.9 Å². The van der Waals surface area contributed by atoms with E-state index in [4.69, 9.17) is 4.74 Å². The van der Waals surface area contributed by atoms with Crippen LogP contribution in [-0.4, -0.2) is 28.3 Å². The standard InChI is InChI=1S/C20H19N3O3/c1-2-23-20(25)16-9-5-4-8-15(16)18(22-23)19(24)21-12-14-11-13-7-3-6-10-17(13)26-14/h3-10,14H,2,11-12H2,1H3,(H,21,24)/t14-/m1/s1. The Morgan fingerprint density at radius 1 is 1.19 bits per heavy atom. The molecule has 3 aromatic rings. The Morgan fingerprint density at radius 2 is 1.92 bits per heavy atom. The number of rotatable bonds is 4. The van der Waals surface area contributed by atoms with E-state index in [2.05, 4.69) is 10.4 Å². The highest BCUT2D eigenvalue weighted by molar-refractivity contribution is 6.04. The van der Waals surface area contributed by atoms with Gasteiger partial charge in [0.15, 0.2) is 5.69 Å². The van der Waals surface area contributed by atoms with E-state index in [0.717, 1.165) is 17.7 Å². The maximum Gasteiger partial charge on any atom is 0.274 e. The van der Waals surface area contributed by atoms with Crippen molar-refractivity contribution in [1.82, 2.24) is 15.1 Å². The minimum absolute atomic E-state index is 0.0975. The summed E-state index contributed by atoms with van der Waals surface area (Å²) in [5, 5.41) is 8.22. The van der Waals surface area contributed by atoms with Crippen molar-refractivity contribution in [3.05, 3.63) is 70.1 Å². The fraction of sp³-hybridized carbons (Fsp3) is 0.250. The van der Waals surface area contributed by atoms with Crippen LogP contribution in [0.5, 0.6) is 5.75 Å². The second-order valence-corrected chi connectivity index (χ2v) is 6.28. The Morgan fingerprint density at radius 3 is 2.69 bits per heavy atom. The number of hydrogen-bond acceptors (Lipinski definition) is 4. The molecule has 1 aromatic heterocycles. The van der Waals surface area contributed by atoms with Gasteiger partial charge in [-0.05, 0) is 24.6 Å². The molecule has 0 spiro atoms. The van der Waals surface area contributed by atoms with Crippen molar-refractivity contribution >= 4 is 16.7 Å². The summed E-state index contributed by atoms with van der Waals surface area (Å²) in [7, 11) is 0. The molecule has 1 N–H and O–H groups in total. The summed E-state index contributed by atoms with van der Waals surface area (Å²) in [6.07, 6.45) is 0.665. The molecule has 132 valence electrons. The van der Waals surface area contributed by atoms with Gasteiger partial charge in [-0.15, -0.1) is 0 Å².